The first-order chi connectivity index (χ1) is 7.10. The highest BCUT2D eigenvalue weighted by Crippen LogP contribution is 2.36. The van der Waals surface area contributed by atoms with E-state index in [-0.39, 0.29) is 11.2 Å². The number of hydrogen-bond donors (Lipinski definition) is 0. The molecule has 0 amide bonds. The number of pyridine rings is 1. The van der Waals surface area contributed by atoms with Crippen LogP contribution in [0.3, 0.4) is 0 Å². The summed E-state index contributed by atoms with van der Waals surface area (Å²) in [7, 11) is 0. The van der Waals surface area contributed by atoms with E-state index in [1.807, 2.05) is 0 Å². The quantitative estimate of drug-likeness (QED) is 0.708. The Hall–Kier alpha value is -1.25. The van der Waals surface area contributed by atoms with Crippen LogP contribution in [-0.4, -0.2) is 10.8 Å². The Kier molecular flexibility index (Phi) is 2.55. The number of halogens is 1. The standard InChI is InChI=1S/C12H14FNO/c1-12(6-4-10(15)5-7-12)11-3-2-9(13)8-14-11/h2-3,8H,4-7H2,1H3. The van der Waals surface area contributed by atoms with Gasteiger partial charge in [0.25, 0.3) is 0 Å². The summed E-state index contributed by atoms with van der Waals surface area (Å²) in [6.45, 7) is 2.10. The number of Topliss-reactive ketones (excluding diaryl/α,β-unsaturated/α-hetero) is 1. The monoisotopic (exact) mass is 207 g/mol. The fourth-order valence-corrected chi connectivity index (χ4v) is 2.07. The molecule has 0 aliphatic heterocycles. The van der Waals surface area contributed by atoms with Gasteiger partial charge in [0.15, 0.2) is 0 Å². The third-order valence-corrected chi connectivity index (χ3v) is 3.26. The number of carbonyl (C=O) groups is 1. The summed E-state index contributed by atoms with van der Waals surface area (Å²) in [5.41, 5.74) is 0.845. The third-order valence-electron chi connectivity index (χ3n) is 3.26. The van der Waals surface area contributed by atoms with Crippen LogP contribution >= 0.6 is 0 Å². The van der Waals surface area contributed by atoms with Crippen molar-refractivity contribution in [3.63, 3.8) is 0 Å². The van der Waals surface area contributed by atoms with Gasteiger partial charge in [-0.05, 0) is 25.0 Å². The molecule has 0 unspecified atom stereocenters. The van der Waals surface area contributed by atoms with Gasteiger partial charge >= 0.3 is 0 Å². The van der Waals surface area contributed by atoms with Gasteiger partial charge in [0.2, 0.25) is 0 Å². The van der Waals surface area contributed by atoms with Gasteiger partial charge in [-0.15, -0.1) is 0 Å². The lowest BCUT2D eigenvalue weighted by Gasteiger charge is -2.32. The second kappa shape index (κ2) is 3.72. The number of carbonyl (C=O) groups excluding carboxylic acids is 1. The Morgan fingerprint density at radius 2 is 2.00 bits per heavy atom. The number of nitrogens with zero attached hydrogens (tertiary/aromatic N) is 1. The summed E-state index contributed by atoms with van der Waals surface area (Å²) in [6.07, 6.45) is 4.14. The van der Waals surface area contributed by atoms with E-state index in [0.29, 0.717) is 18.6 Å². The molecule has 0 bridgehead atoms. The third kappa shape index (κ3) is 2.06. The number of rotatable bonds is 1. The van der Waals surface area contributed by atoms with Crippen LogP contribution in [0.25, 0.3) is 0 Å². The molecule has 1 aromatic rings. The first-order valence-electron chi connectivity index (χ1n) is 5.24. The van der Waals surface area contributed by atoms with Gasteiger partial charge in [-0.3, -0.25) is 9.78 Å². The van der Waals surface area contributed by atoms with Crippen LogP contribution in [-0.2, 0) is 10.2 Å². The van der Waals surface area contributed by atoms with Crippen molar-refractivity contribution in [2.75, 3.05) is 0 Å². The second-order valence-corrected chi connectivity index (χ2v) is 4.46. The van der Waals surface area contributed by atoms with Crippen LogP contribution in [0, 0.1) is 5.82 Å². The molecule has 0 spiro atoms. The highest BCUT2D eigenvalue weighted by Gasteiger charge is 2.32. The van der Waals surface area contributed by atoms with Crippen LogP contribution in [0.4, 0.5) is 4.39 Å². The van der Waals surface area contributed by atoms with E-state index >= 15 is 0 Å². The molecular weight excluding hydrogens is 193 g/mol. The van der Waals surface area contributed by atoms with E-state index in [1.165, 1.54) is 12.3 Å². The molecule has 0 N–H and O–H groups in total. The fourth-order valence-electron chi connectivity index (χ4n) is 2.07. The van der Waals surface area contributed by atoms with Gasteiger partial charge in [0.05, 0.1) is 6.20 Å². The van der Waals surface area contributed by atoms with E-state index in [9.17, 15) is 9.18 Å². The number of hydrogen-bond acceptors (Lipinski definition) is 2. The van der Waals surface area contributed by atoms with Crippen molar-refractivity contribution in [2.24, 2.45) is 0 Å². The molecule has 2 nitrogen and oxygen atoms in total. The van der Waals surface area contributed by atoms with Gasteiger partial charge in [-0.2, -0.15) is 0 Å². The Bertz CT molecular complexity index is 362. The molecule has 0 aromatic carbocycles. The Labute approximate surface area is 88.5 Å². The smallest absolute Gasteiger partial charge is 0.141 e. The molecular formula is C12H14FNO. The lowest BCUT2D eigenvalue weighted by atomic mass is 9.73. The highest BCUT2D eigenvalue weighted by molar-refractivity contribution is 5.79. The number of aromatic nitrogens is 1. The summed E-state index contributed by atoms with van der Waals surface area (Å²) in [5, 5.41) is 0. The molecule has 0 radical (unpaired) electrons. The first-order valence-corrected chi connectivity index (χ1v) is 5.24. The molecule has 1 aliphatic carbocycles. The minimum absolute atomic E-state index is 0.0540. The second-order valence-electron chi connectivity index (χ2n) is 4.46. The van der Waals surface area contributed by atoms with E-state index in [1.54, 1.807) is 6.07 Å². The van der Waals surface area contributed by atoms with Crippen molar-refractivity contribution in [1.82, 2.24) is 4.98 Å². The predicted molar refractivity (Wildman–Crippen MR) is 55.0 cm³/mol. The Morgan fingerprint density at radius 3 is 2.53 bits per heavy atom. The highest BCUT2D eigenvalue weighted by atomic mass is 19.1. The van der Waals surface area contributed by atoms with Crippen LogP contribution in [0.5, 0.6) is 0 Å². The maximum Gasteiger partial charge on any atom is 0.141 e. The summed E-state index contributed by atoms with van der Waals surface area (Å²) >= 11 is 0. The topological polar surface area (TPSA) is 30.0 Å². The predicted octanol–water partition coefficient (Wildman–Crippen LogP) is 2.62. The maximum atomic E-state index is 12.7. The molecule has 1 aromatic heterocycles. The molecule has 0 atom stereocenters. The lowest BCUT2D eigenvalue weighted by molar-refractivity contribution is -0.121. The molecule has 80 valence electrons. The molecule has 1 heterocycles. The van der Waals surface area contributed by atoms with Crippen molar-refractivity contribution in [1.29, 1.82) is 0 Å². The molecule has 1 aliphatic rings. The van der Waals surface area contributed by atoms with Crippen LogP contribution in [0.1, 0.15) is 38.3 Å². The molecule has 3 heteroatoms. The minimum atomic E-state index is -0.311. The average molecular weight is 207 g/mol. The van der Waals surface area contributed by atoms with Crippen LogP contribution in [0.15, 0.2) is 18.3 Å². The van der Waals surface area contributed by atoms with Crippen LogP contribution < -0.4 is 0 Å². The molecule has 1 fully saturated rings. The number of ketones is 1. The van der Waals surface area contributed by atoms with E-state index in [0.717, 1.165) is 18.5 Å². The maximum absolute atomic E-state index is 12.7. The molecule has 2 rings (SSSR count). The lowest BCUT2D eigenvalue weighted by Crippen LogP contribution is -2.29. The summed E-state index contributed by atoms with van der Waals surface area (Å²) in [5.74, 6) is 0.0174. The van der Waals surface area contributed by atoms with Crippen molar-refractivity contribution in [3.05, 3.63) is 29.8 Å². The van der Waals surface area contributed by atoms with Crippen LogP contribution in [0.2, 0.25) is 0 Å². The van der Waals surface area contributed by atoms with E-state index < -0.39 is 0 Å². The normalized spacial score (nSPS) is 20.3. The summed E-state index contributed by atoms with van der Waals surface area (Å²) in [6, 6.07) is 3.16. The Balaban J connectivity index is 2.22. The average Bonchev–Trinajstić information content (AvgIpc) is 2.24. The van der Waals surface area contributed by atoms with Gasteiger partial charge in [0.1, 0.15) is 11.6 Å². The van der Waals surface area contributed by atoms with Crippen molar-refractivity contribution in [2.45, 2.75) is 38.0 Å². The molecule has 0 saturated heterocycles. The van der Waals surface area contributed by atoms with Gasteiger partial charge in [-0.1, -0.05) is 6.92 Å². The zero-order chi connectivity index (χ0) is 10.9. The van der Waals surface area contributed by atoms with Gasteiger partial charge in [0, 0.05) is 24.0 Å². The zero-order valence-corrected chi connectivity index (χ0v) is 8.79. The Morgan fingerprint density at radius 1 is 1.33 bits per heavy atom. The van der Waals surface area contributed by atoms with Crippen molar-refractivity contribution >= 4 is 5.78 Å². The zero-order valence-electron chi connectivity index (χ0n) is 8.79. The largest absolute Gasteiger partial charge is 0.300 e. The minimum Gasteiger partial charge on any atom is -0.300 e. The van der Waals surface area contributed by atoms with Gasteiger partial charge in [-0.25, -0.2) is 4.39 Å². The molecule has 15 heavy (non-hydrogen) atoms. The SMILES string of the molecule is CC1(c2ccc(F)cn2)CCC(=O)CC1. The first kappa shape index (κ1) is 10.3. The van der Waals surface area contributed by atoms with Gasteiger partial charge < -0.3 is 0 Å². The summed E-state index contributed by atoms with van der Waals surface area (Å²) in [4.78, 5) is 15.3. The van der Waals surface area contributed by atoms with Crippen molar-refractivity contribution in [3.8, 4) is 0 Å². The molecule has 1 saturated carbocycles. The van der Waals surface area contributed by atoms with E-state index in [4.69, 9.17) is 0 Å². The van der Waals surface area contributed by atoms with E-state index in [2.05, 4.69) is 11.9 Å². The summed E-state index contributed by atoms with van der Waals surface area (Å²) < 4.78 is 12.7. The fraction of sp³-hybridized carbons (Fsp3) is 0.500. The van der Waals surface area contributed by atoms with Crippen molar-refractivity contribution < 1.29 is 9.18 Å².